The molecule has 2 aliphatic heterocycles. The molecule has 3 aliphatic rings. The number of nitrogens with one attached hydrogen (secondary N) is 1. The lowest BCUT2D eigenvalue weighted by Gasteiger charge is -2.25. The molecule has 3 unspecified atom stereocenters. The first-order valence-corrected chi connectivity index (χ1v) is 24.3. The Kier molecular flexibility index (Phi) is 12.1. The quantitative estimate of drug-likeness (QED) is 0.106. The summed E-state index contributed by atoms with van der Waals surface area (Å²) in [7, 11) is 0. The zero-order valence-electron chi connectivity index (χ0n) is 37.3. The fourth-order valence-corrected chi connectivity index (χ4v) is 11.3. The second-order valence-corrected chi connectivity index (χ2v) is 18.5. The molecule has 3 atom stereocenters. The number of fused-ring (bicyclic) bond motifs is 9. The van der Waals surface area contributed by atoms with Crippen LogP contribution in [-0.4, -0.2) is 61.5 Å². The van der Waals surface area contributed by atoms with Crippen molar-refractivity contribution in [2.24, 2.45) is 0 Å². The van der Waals surface area contributed by atoms with Crippen LogP contribution in [0, 0.1) is 0 Å². The molecule has 1 aliphatic carbocycles. The number of ether oxygens (including phenoxy) is 2. The van der Waals surface area contributed by atoms with Gasteiger partial charge in [0.2, 0.25) is 11.8 Å². The van der Waals surface area contributed by atoms with Crippen molar-refractivity contribution in [2.75, 3.05) is 54.3 Å². The fraction of sp³-hybridized carbons (Fsp3) is 0.207. The van der Waals surface area contributed by atoms with E-state index in [1.165, 1.54) is 0 Å². The Bertz CT molecular complexity index is 3220. The van der Waals surface area contributed by atoms with Crippen LogP contribution < -0.4 is 24.6 Å². The number of nitrogens with zero attached hydrogens (tertiary/aromatic N) is 2. The highest BCUT2D eigenvalue weighted by molar-refractivity contribution is 6.20. The molecule has 2 amide bonds. The summed E-state index contributed by atoms with van der Waals surface area (Å²) in [6.07, 6.45) is 0. The van der Waals surface area contributed by atoms with Gasteiger partial charge in [0, 0.05) is 65.0 Å². The predicted octanol–water partition coefficient (Wildman–Crippen LogP) is 11.6. The molecule has 0 saturated heterocycles. The van der Waals surface area contributed by atoms with E-state index in [-0.39, 0.29) is 49.3 Å². The Balaban J connectivity index is 0.931. The molecule has 0 spiro atoms. The van der Waals surface area contributed by atoms with Gasteiger partial charge in [-0.3, -0.25) is 14.9 Å². The number of carbonyl (C=O) groups is 2. The molecule has 68 heavy (non-hydrogen) atoms. The molecular formula is C58H49Cl2N3O5. The van der Waals surface area contributed by atoms with E-state index in [9.17, 15) is 14.7 Å². The van der Waals surface area contributed by atoms with Crippen LogP contribution in [0.4, 0.5) is 11.4 Å². The van der Waals surface area contributed by atoms with Gasteiger partial charge in [0.25, 0.3) is 0 Å². The number of benzene rings is 8. The number of rotatable bonds is 14. The van der Waals surface area contributed by atoms with E-state index in [1.807, 2.05) is 114 Å². The summed E-state index contributed by atoms with van der Waals surface area (Å²) in [6, 6.07) is 52.9. The van der Waals surface area contributed by atoms with Gasteiger partial charge < -0.3 is 24.4 Å². The standard InChI is InChI=1S/C58H49Cl2N3O5/c59-27-39-31-62(50-26-51(67-34-36-13-3-1-4-14-36)44-19-9-10-20-45(44)54(39)50)52(65)29-61-30-53(66)63-32-40(28-60)55-46-21-11-12-22-47(46)58(68-35-37-15-5-2-6-16-37)56(57(55)63)38-23-24-43-41-17-7-8-18-42(41)49(33-64)48(43)25-38/h1-26,39-40,49,61,64H,27-35H2. The van der Waals surface area contributed by atoms with Gasteiger partial charge in [-0.1, -0.05) is 146 Å². The summed E-state index contributed by atoms with van der Waals surface area (Å²) in [4.78, 5) is 32.8. The van der Waals surface area contributed by atoms with E-state index in [1.54, 1.807) is 4.90 Å². The number of alkyl halides is 2. The summed E-state index contributed by atoms with van der Waals surface area (Å²) in [5, 5.41) is 17.9. The molecule has 8 aromatic rings. The number of aliphatic hydroxyl groups excluding tert-OH is 1. The predicted molar refractivity (Wildman–Crippen MR) is 274 cm³/mol. The van der Waals surface area contributed by atoms with Gasteiger partial charge in [-0.2, -0.15) is 0 Å². The zero-order valence-corrected chi connectivity index (χ0v) is 38.8. The van der Waals surface area contributed by atoms with Gasteiger partial charge in [0.15, 0.2) is 0 Å². The molecule has 11 rings (SSSR count). The molecule has 8 aromatic carbocycles. The lowest BCUT2D eigenvalue weighted by Crippen LogP contribution is -2.43. The largest absolute Gasteiger partial charge is 0.488 e. The number of hydrogen-bond donors (Lipinski definition) is 2. The highest BCUT2D eigenvalue weighted by atomic mass is 35.5. The summed E-state index contributed by atoms with van der Waals surface area (Å²) >= 11 is 13.5. The minimum absolute atomic E-state index is 0.0423. The van der Waals surface area contributed by atoms with E-state index >= 15 is 0 Å². The number of carbonyl (C=O) groups excluding carboxylic acids is 2. The van der Waals surface area contributed by atoms with Crippen LogP contribution in [0.2, 0.25) is 0 Å². The van der Waals surface area contributed by atoms with Gasteiger partial charge in [0.05, 0.1) is 31.1 Å². The smallest absolute Gasteiger partial charge is 0.240 e. The fourth-order valence-electron chi connectivity index (χ4n) is 10.8. The van der Waals surface area contributed by atoms with Gasteiger partial charge in [-0.05, 0) is 66.9 Å². The molecule has 0 aromatic heterocycles. The summed E-state index contributed by atoms with van der Waals surface area (Å²) in [5.41, 5.74) is 11.6. The second kappa shape index (κ2) is 18.8. The van der Waals surface area contributed by atoms with Crippen molar-refractivity contribution < 1.29 is 24.2 Å². The first-order valence-electron chi connectivity index (χ1n) is 23.2. The van der Waals surface area contributed by atoms with Crippen LogP contribution in [0.1, 0.15) is 51.1 Å². The number of halogens is 2. The lowest BCUT2D eigenvalue weighted by molar-refractivity contribution is -0.118. The normalized spacial score (nSPS) is 16.7. The SMILES string of the molecule is O=C(CNCC(=O)N1CC(CCl)c2c1c(-c1ccc3c(c1)C(CO)c1ccccc1-3)c(OCc1ccccc1)c1ccccc21)N1CC(CCl)c2c1cc(OCc1ccccc1)c1ccccc21. The van der Waals surface area contributed by atoms with Gasteiger partial charge in [-0.15, -0.1) is 23.2 Å². The first-order chi connectivity index (χ1) is 33.4. The molecule has 340 valence electrons. The third-order valence-corrected chi connectivity index (χ3v) is 14.7. The number of aliphatic hydroxyl groups is 1. The summed E-state index contributed by atoms with van der Waals surface area (Å²) in [6.45, 7) is 1.26. The van der Waals surface area contributed by atoms with E-state index in [2.05, 4.69) is 53.8 Å². The van der Waals surface area contributed by atoms with Crippen LogP contribution in [-0.2, 0) is 22.8 Å². The van der Waals surface area contributed by atoms with Crippen molar-refractivity contribution in [1.29, 1.82) is 0 Å². The third-order valence-electron chi connectivity index (χ3n) is 13.9. The Hall–Kier alpha value is -6.68. The van der Waals surface area contributed by atoms with Gasteiger partial charge >= 0.3 is 0 Å². The van der Waals surface area contributed by atoms with Crippen molar-refractivity contribution in [3.05, 3.63) is 191 Å². The van der Waals surface area contributed by atoms with Crippen molar-refractivity contribution in [2.45, 2.75) is 31.0 Å². The first kappa shape index (κ1) is 43.9. The maximum absolute atomic E-state index is 14.9. The van der Waals surface area contributed by atoms with Crippen LogP contribution in [0.15, 0.2) is 158 Å². The minimum atomic E-state index is -0.201. The zero-order chi connectivity index (χ0) is 46.3. The van der Waals surface area contributed by atoms with Crippen LogP contribution >= 0.6 is 23.2 Å². The Morgan fingerprint density at radius 1 is 0.588 bits per heavy atom. The highest BCUT2D eigenvalue weighted by Crippen LogP contribution is 2.55. The number of hydrogen-bond acceptors (Lipinski definition) is 6. The Morgan fingerprint density at radius 3 is 1.84 bits per heavy atom. The van der Waals surface area contributed by atoms with Crippen LogP contribution in [0.3, 0.4) is 0 Å². The number of amides is 2. The van der Waals surface area contributed by atoms with Crippen LogP contribution in [0.5, 0.6) is 11.5 Å². The molecule has 0 radical (unpaired) electrons. The van der Waals surface area contributed by atoms with Crippen molar-refractivity contribution >= 4 is 67.9 Å². The molecule has 0 bridgehead atoms. The van der Waals surface area contributed by atoms with Gasteiger partial charge in [-0.25, -0.2) is 0 Å². The van der Waals surface area contributed by atoms with E-state index in [0.29, 0.717) is 49.6 Å². The minimum Gasteiger partial charge on any atom is -0.488 e. The summed E-state index contributed by atoms with van der Waals surface area (Å²) < 4.78 is 13.4. The maximum atomic E-state index is 14.9. The second-order valence-electron chi connectivity index (χ2n) is 17.9. The monoisotopic (exact) mass is 937 g/mol. The van der Waals surface area contributed by atoms with Crippen LogP contribution in [0.25, 0.3) is 43.8 Å². The van der Waals surface area contributed by atoms with Gasteiger partial charge in [0.1, 0.15) is 24.7 Å². The van der Waals surface area contributed by atoms with E-state index in [0.717, 1.165) is 88.6 Å². The van der Waals surface area contributed by atoms with Crippen molar-refractivity contribution in [1.82, 2.24) is 5.32 Å². The topological polar surface area (TPSA) is 91.3 Å². The van der Waals surface area contributed by atoms with Crippen molar-refractivity contribution in [3.8, 4) is 33.8 Å². The molecular weight excluding hydrogens is 890 g/mol. The molecule has 8 nitrogen and oxygen atoms in total. The Labute approximate surface area is 405 Å². The van der Waals surface area contributed by atoms with Crippen molar-refractivity contribution in [3.63, 3.8) is 0 Å². The highest BCUT2D eigenvalue weighted by Gasteiger charge is 2.40. The molecule has 2 heterocycles. The van der Waals surface area contributed by atoms with E-state index in [4.69, 9.17) is 32.7 Å². The molecule has 0 saturated carbocycles. The molecule has 10 heteroatoms. The third kappa shape index (κ3) is 7.75. The average molecular weight is 939 g/mol. The maximum Gasteiger partial charge on any atom is 0.240 e. The number of anilines is 2. The molecule has 0 fully saturated rings. The lowest BCUT2D eigenvalue weighted by atomic mass is 9.88. The average Bonchev–Trinajstić information content (AvgIpc) is 4.07. The van der Waals surface area contributed by atoms with E-state index < -0.39 is 0 Å². The summed E-state index contributed by atoms with van der Waals surface area (Å²) in [5.74, 6) is 1.18. The molecule has 2 N–H and O–H groups in total. The Morgan fingerprint density at radius 2 is 1.15 bits per heavy atom.